The van der Waals surface area contributed by atoms with Crippen LogP contribution in [0.25, 0.3) is 0 Å². The fraction of sp³-hybridized carbons (Fsp3) is 0.500. The molecule has 2 N–H and O–H groups in total. The van der Waals surface area contributed by atoms with Crippen LogP contribution in [-0.2, 0) is 0 Å². The summed E-state index contributed by atoms with van der Waals surface area (Å²) in [4.78, 5) is 2.45. The van der Waals surface area contributed by atoms with Gasteiger partial charge in [-0.25, -0.2) is 0 Å². The van der Waals surface area contributed by atoms with E-state index >= 15 is 0 Å². The molecule has 1 aliphatic rings. The van der Waals surface area contributed by atoms with Gasteiger partial charge in [-0.05, 0) is 60.8 Å². The number of hydrogen-bond acceptors (Lipinski definition) is 2. The Morgan fingerprint density at radius 1 is 1.40 bits per heavy atom. The molecule has 3 heteroatoms. The van der Waals surface area contributed by atoms with Crippen molar-refractivity contribution in [2.75, 3.05) is 17.2 Å². The number of nitrogen functional groups attached to an aromatic ring is 1. The number of nitrogens with two attached hydrogens (primary N) is 1. The number of halogens is 1. The van der Waals surface area contributed by atoms with E-state index in [1.807, 2.05) is 12.1 Å². The number of anilines is 2. The molecule has 0 saturated carbocycles. The molecule has 2 rings (SSSR count). The smallest absolute Gasteiger partial charge is 0.0516 e. The van der Waals surface area contributed by atoms with Crippen LogP contribution in [-0.4, -0.2) is 12.1 Å². The van der Waals surface area contributed by atoms with Gasteiger partial charge in [-0.15, -0.1) is 0 Å². The number of hydrogen-bond donors (Lipinski definition) is 1. The summed E-state index contributed by atoms with van der Waals surface area (Å²) in [5.41, 5.74) is 8.07. The molecule has 0 amide bonds. The molecule has 0 aromatic heterocycles. The van der Waals surface area contributed by atoms with Crippen molar-refractivity contribution in [1.29, 1.82) is 0 Å². The molecule has 0 unspecified atom stereocenters. The van der Waals surface area contributed by atoms with Crippen molar-refractivity contribution in [2.24, 2.45) is 0 Å². The number of rotatable bonds is 1. The van der Waals surface area contributed by atoms with E-state index in [0.29, 0.717) is 0 Å². The van der Waals surface area contributed by atoms with Crippen LogP contribution in [0.3, 0.4) is 0 Å². The third-order valence-electron chi connectivity index (χ3n) is 3.16. The van der Waals surface area contributed by atoms with E-state index in [-0.39, 0.29) is 5.54 Å². The monoisotopic (exact) mass is 268 g/mol. The van der Waals surface area contributed by atoms with Crippen LogP contribution in [0.5, 0.6) is 0 Å². The Bertz CT molecular complexity index is 374. The van der Waals surface area contributed by atoms with E-state index in [4.69, 9.17) is 5.73 Å². The first-order chi connectivity index (χ1) is 7.00. The van der Waals surface area contributed by atoms with E-state index in [0.717, 1.165) is 16.7 Å². The van der Waals surface area contributed by atoms with Crippen molar-refractivity contribution in [3.8, 4) is 0 Å². The van der Waals surface area contributed by atoms with Gasteiger partial charge in [0.15, 0.2) is 0 Å². The van der Waals surface area contributed by atoms with Gasteiger partial charge in [0.1, 0.15) is 0 Å². The van der Waals surface area contributed by atoms with Gasteiger partial charge in [-0.3, -0.25) is 0 Å². The molecule has 0 spiro atoms. The summed E-state index contributed by atoms with van der Waals surface area (Å²) < 4.78 is 1.09. The van der Waals surface area contributed by atoms with Crippen molar-refractivity contribution in [3.05, 3.63) is 22.7 Å². The van der Waals surface area contributed by atoms with Crippen molar-refractivity contribution >= 4 is 27.3 Å². The molecule has 0 bridgehead atoms. The lowest BCUT2D eigenvalue weighted by molar-refractivity contribution is 0.517. The maximum absolute atomic E-state index is 5.75. The summed E-state index contributed by atoms with van der Waals surface area (Å²) in [6.45, 7) is 5.72. The minimum atomic E-state index is 0.263. The van der Waals surface area contributed by atoms with Crippen LogP contribution in [0.4, 0.5) is 11.4 Å². The largest absolute Gasteiger partial charge is 0.399 e. The molecule has 1 aromatic carbocycles. The van der Waals surface area contributed by atoms with Crippen molar-refractivity contribution in [3.63, 3.8) is 0 Å². The first-order valence-electron chi connectivity index (χ1n) is 5.33. The van der Waals surface area contributed by atoms with Gasteiger partial charge >= 0.3 is 0 Å². The molecule has 15 heavy (non-hydrogen) atoms. The Balaban J connectivity index is 2.37. The Morgan fingerprint density at radius 3 is 2.67 bits per heavy atom. The highest BCUT2D eigenvalue weighted by Crippen LogP contribution is 2.38. The van der Waals surface area contributed by atoms with Crippen molar-refractivity contribution in [2.45, 2.75) is 32.2 Å². The molecule has 1 aliphatic heterocycles. The highest BCUT2D eigenvalue weighted by Gasteiger charge is 2.32. The molecule has 1 fully saturated rings. The second kappa shape index (κ2) is 3.71. The minimum absolute atomic E-state index is 0.263. The Labute approximate surface area is 99.6 Å². The zero-order chi connectivity index (χ0) is 11.1. The van der Waals surface area contributed by atoms with Crippen LogP contribution in [0.2, 0.25) is 0 Å². The fourth-order valence-electron chi connectivity index (χ4n) is 2.30. The van der Waals surface area contributed by atoms with Gasteiger partial charge in [-0.1, -0.05) is 0 Å². The van der Waals surface area contributed by atoms with Crippen LogP contribution >= 0.6 is 15.9 Å². The maximum Gasteiger partial charge on any atom is 0.0516 e. The predicted molar refractivity (Wildman–Crippen MR) is 69.2 cm³/mol. The summed E-state index contributed by atoms with van der Waals surface area (Å²) >= 11 is 3.59. The molecule has 0 radical (unpaired) electrons. The summed E-state index contributed by atoms with van der Waals surface area (Å²) in [5.74, 6) is 0. The number of benzene rings is 1. The quantitative estimate of drug-likeness (QED) is 0.791. The van der Waals surface area contributed by atoms with Crippen molar-refractivity contribution < 1.29 is 0 Å². The molecule has 0 aliphatic carbocycles. The summed E-state index contributed by atoms with van der Waals surface area (Å²) in [6.07, 6.45) is 2.52. The molecule has 1 saturated heterocycles. The molecule has 1 aromatic rings. The first kappa shape index (κ1) is 10.8. The van der Waals surface area contributed by atoms with Gasteiger partial charge in [0.05, 0.1) is 5.69 Å². The highest BCUT2D eigenvalue weighted by atomic mass is 79.9. The molecule has 1 heterocycles. The highest BCUT2D eigenvalue weighted by molar-refractivity contribution is 9.10. The van der Waals surface area contributed by atoms with Crippen LogP contribution in [0, 0.1) is 0 Å². The van der Waals surface area contributed by atoms with Gasteiger partial charge < -0.3 is 10.6 Å². The van der Waals surface area contributed by atoms with E-state index in [1.54, 1.807) is 0 Å². The zero-order valence-corrected chi connectivity index (χ0v) is 10.8. The van der Waals surface area contributed by atoms with Crippen LogP contribution < -0.4 is 10.6 Å². The lowest BCUT2D eigenvalue weighted by atomic mass is 10.0. The van der Waals surface area contributed by atoms with Crippen molar-refractivity contribution in [1.82, 2.24) is 0 Å². The maximum atomic E-state index is 5.75. The minimum Gasteiger partial charge on any atom is -0.399 e. The normalized spacial score (nSPS) is 19.5. The van der Waals surface area contributed by atoms with Gasteiger partial charge in [-0.2, -0.15) is 0 Å². The average Bonchev–Trinajstić information content (AvgIpc) is 2.46. The Hall–Kier alpha value is -0.700. The molecular weight excluding hydrogens is 252 g/mol. The summed E-state index contributed by atoms with van der Waals surface area (Å²) in [6, 6.07) is 6.05. The molecule has 82 valence electrons. The lowest BCUT2D eigenvalue weighted by Gasteiger charge is -2.34. The fourth-order valence-corrected chi connectivity index (χ4v) is 2.91. The van der Waals surface area contributed by atoms with E-state index in [9.17, 15) is 0 Å². The topological polar surface area (TPSA) is 29.3 Å². The number of nitrogens with zero attached hydrogens (tertiary/aromatic N) is 1. The van der Waals surface area contributed by atoms with Gasteiger partial charge in [0.25, 0.3) is 0 Å². The molecule has 0 atom stereocenters. The third kappa shape index (κ3) is 1.98. The summed E-state index contributed by atoms with van der Waals surface area (Å²) in [5, 5.41) is 0. The second-order valence-electron chi connectivity index (χ2n) is 4.78. The van der Waals surface area contributed by atoms with E-state index in [2.05, 4.69) is 40.7 Å². The third-order valence-corrected chi connectivity index (χ3v) is 3.80. The van der Waals surface area contributed by atoms with E-state index in [1.165, 1.54) is 18.5 Å². The molecular formula is C12H17BrN2. The summed E-state index contributed by atoms with van der Waals surface area (Å²) in [7, 11) is 0. The first-order valence-corrected chi connectivity index (χ1v) is 6.13. The lowest BCUT2D eigenvalue weighted by Crippen LogP contribution is -2.38. The van der Waals surface area contributed by atoms with Crippen LogP contribution in [0.1, 0.15) is 26.7 Å². The van der Waals surface area contributed by atoms with E-state index < -0.39 is 0 Å². The Kier molecular flexibility index (Phi) is 2.67. The SMILES string of the molecule is CC1(C)CCCN1c1ccc(N)cc1Br. The average molecular weight is 269 g/mol. The zero-order valence-electron chi connectivity index (χ0n) is 9.26. The van der Waals surface area contributed by atoms with Gasteiger partial charge in [0, 0.05) is 22.2 Å². The predicted octanol–water partition coefficient (Wildman–Crippen LogP) is 3.41. The molecule has 2 nitrogen and oxygen atoms in total. The standard InChI is InChI=1S/C12H17BrN2/c1-12(2)6-3-7-15(12)11-5-4-9(14)8-10(11)13/h4-5,8H,3,6-7,14H2,1-2H3. The van der Waals surface area contributed by atoms with Crippen LogP contribution in [0.15, 0.2) is 22.7 Å². The second-order valence-corrected chi connectivity index (χ2v) is 5.63. The Morgan fingerprint density at radius 2 is 2.13 bits per heavy atom. The van der Waals surface area contributed by atoms with Gasteiger partial charge in [0.2, 0.25) is 0 Å².